The zero-order valence-corrected chi connectivity index (χ0v) is 23.7. The molecule has 0 spiro atoms. The number of aromatic nitrogens is 3. The summed E-state index contributed by atoms with van der Waals surface area (Å²) >= 11 is 2.32. The lowest BCUT2D eigenvalue weighted by molar-refractivity contribution is -0.689. The second kappa shape index (κ2) is 11.6. The smallest absolute Gasteiger partial charge is 0.350 e. The highest BCUT2D eigenvalue weighted by molar-refractivity contribution is 8.00. The van der Waals surface area contributed by atoms with Gasteiger partial charge in [0, 0.05) is 41.2 Å². The zero-order chi connectivity index (χ0) is 29.2. The van der Waals surface area contributed by atoms with Gasteiger partial charge < -0.3 is 30.6 Å². The first kappa shape index (κ1) is 28.9. The third-order valence-corrected chi connectivity index (χ3v) is 7.48. The lowest BCUT2D eigenvalue weighted by Gasteiger charge is -2.47. The van der Waals surface area contributed by atoms with Crippen molar-refractivity contribution >= 4 is 57.9 Å². The molecule has 0 bridgehead atoms. The average Bonchev–Trinajstić information content (AvgIpc) is 3.32. The van der Waals surface area contributed by atoms with Crippen LogP contribution in [-0.2, 0) is 30.5 Å². The lowest BCUT2D eigenvalue weighted by Crippen LogP contribution is -2.69. The molecule has 4 N–H and O–H groups in total. The summed E-state index contributed by atoms with van der Waals surface area (Å²) < 4.78 is 11.1. The number of carbonyl (C=O) groups excluding carboxylic acids is 3. The van der Waals surface area contributed by atoms with Crippen LogP contribution in [0.25, 0.3) is 0 Å². The van der Waals surface area contributed by atoms with E-state index in [9.17, 15) is 19.2 Å². The Balaban J connectivity index is 1.42. The number of carboxylic acid groups (broad SMARTS) is 1. The molecule has 40 heavy (non-hydrogen) atoms. The summed E-state index contributed by atoms with van der Waals surface area (Å²) in [5, 5.41) is 15.3. The number of nitrogens with one attached hydrogen (secondary N) is 1. The maximum absolute atomic E-state index is 13.2. The standard InChI is InChI=1S/C24H27N7O7S2/c1-12(22(36)37-24(2,3)4)38-28-15(17-27-23(25)40-29-17)18(32)26-16-19(33)31-10-13(11-39-20(16)31)9-30-7-5-14(6-8-30)21(34)35/h5-8,10,12,16,20H,9,11H2,1-4H3,(H3-,25,26,27,29,32,34,35)/p+1/t12?,16?,20-/m0/s1. The van der Waals surface area contributed by atoms with E-state index >= 15 is 0 Å². The van der Waals surface area contributed by atoms with Crippen LogP contribution in [0.3, 0.4) is 0 Å². The first-order chi connectivity index (χ1) is 18.8. The molecule has 1 saturated heterocycles. The number of oxime groups is 1. The van der Waals surface area contributed by atoms with Crippen LogP contribution in [0.5, 0.6) is 0 Å². The molecule has 16 heteroatoms. The van der Waals surface area contributed by atoms with Gasteiger partial charge in [0.15, 0.2) is 24.1 Å². The molecule has 0 radical (unpaired) electrons. The van der Waals surface area contributed by atoms with Crippen molar-refractivity contribution in [2.45, 2.75) is 57.4 Å². The summed E-state index contributed by atoms with van der Waals surface area (Å²) in [5.74, 6) is -2.28. The minimum atomic E-state index is -1.13. The Hall–Kier alpha value is -4.05. The van der Waals surface area contributed by atoms with Crippen molar-refractivity contribution in [1.29, 1.82) is 0 Å². The van der Waals surface area contributed by atoms with Crippen LogP contribution >= 0.6 is 23.3 Å². The van der Waals surface area contributed by atoms with E-state index in [0.717, 1.165) is 17.1 Å². The highest BCUT2D eigenvalue weighted by Gasteiger charge is 2.50. The summed E-state index contributed by atoms with van der Waals surface area (Å²) in [4.78, 5) is 60.1. The van der Waals surface area contributed by atoms with Gasteiger partial charge in [0.2, 0.25) is 17.6 Å². The number of nitrogens with zero attached hydrogens (tertiary/aromatic N) is 5. The van der Waals surface area contributed by atoms with Gasteiger partial charge in [-0.05, 0) is 27.7 Å². The number of esters is 1. The van der Waals surface area contributed by atoms with Gasteiger partial charge in [-0.3, -0.25) is 9.59 Å². The number of nitrogens with two attached hydrogens (primary N) is 1. The molecule has 0 saturated carbocycles. The summed E-state index contributed by atoms with van der Waals surface area (Å²) in [7, 11) is 0. The van der Waals surface area contributed by atoms with E-state index in [-0.39, 0.29) is 33.5 Å². The lowest BCUT2D eigenvalue weighted by atomic mass is 10.1. The molecule has 212 valence electrons. The largest absolute Gasteiger partial charge is 0.478 e. The van der Waals surface area contributed by atoms with Crippen LogP contribution in [0, 0.1) is 0 Å². The molecule has 2 aliphatic rings. The highest BCUT2D eigenvalue weighted by atomic mass is 32.2. The predicted octanol–water partition coefficient (Wildman–Crippen LogP) is 0.541. The molecule has 1 fully saturated rings. The number of carbonyl (C=O) groups is 4. The van der Waals surface area contributed by atoms with E-state index < -0.39 is 35.6 Å². The fourth-order valence-electron chi connectivity index (χ4n) is 3.67. The first-order valence-corrected chi connectivity index (χ1v) is 13.9. The summed E-state index contributed by atoms with van der Waals surface area (Å²) in [6.07, 6.45) is 3.93. The number of thioether (sulfide) groups is 1. The van der Waals surface area contributed by atoms with Gasteiger partial charge in [-0.15, -0.1) is 11.8 Å². The van der Waals surface area contributed by atoms with Crippen LogP contribution < -0.4 is 15.6 Å². The van der Waals surface area contributed by atoms with Crippen LogP contribution in [0.1, 0.15) is 43.9 Å². The normalized spacial score (nSPS) is 19.6. The van der Waals surface area contributed by atoms with Crippen molar-refractivity contribution in [2.75, 3.05) is 11.5 Å². The summed E-state index contributed by atoms with van der Waals surface area (Å²) in [5.41, 5.74) is 5.72. The van der Waals surface area contributed by atoms with E-state index in [4.69, 9.17) is 20.4 Å². The first-order valence-electron chi connectivity index (χ1n) is 12.0. The maximum Gasteiger partial charge on any atom is 0.350 e. The minimum absolute atomic E-state index is 0.0950. The zero-order valence-electron chi connectivity index (χ0n) is 22.1. The molecule has 2 unspecified atom stereocenters. The quantitative estimate of drug-likeness (QED) is 0.121. The number of carboxylic acids is 1. The fourth-order valence-corrected chi connectivity index (χ4v) is 5.36. The number of hydrogen-bond acceptors (Lipinski definition) is 12. The Kier molecular flexibility index (Phi) is 8.39. The molecule has 14 nitrogen and oxygen atoms in total. The van der Waals surface area contributed by atoms with Gasteiger partial charge in [-0.2, -0.15) is 9.36 Å². The Morgan fingerprint density at radius 2 is 2.02 bits per heavy atom. The van der Waals surface area contributed by atoms with E-state index in [0.29, 0.717) is 12.3 Å². The van der Waals surface area contributed by atoms with Gasteiger partial charge in [-0.1, -0.05) is 5.16 Å². The third kappa shape index (κ3) is 6.74. The number of ether oxygens (including phenoxy) is 1. The predicted molar refractivity (Wildman–Crippen MR) is 144 cm³/mol. The number of nitrogen functional groups attached to an aromatic ring is 1. The Morgan fingerprint density at radius 3 is 2.62 bits per heavy atom. The minimum Gasteiger partial charge on any atom is -0.478 e. The van der Waals surface area contributed by atoms with Crippen molar-refractivity contribution in [3.63, 3.8) is 0 Å². The average molecular weight is 591 g/mol. The monoisotopic (exact) mass is 590 g/mol. The van der Waals surface area contributed by atoms with Crippen molar-refractivity contribution < 1.29 is 38.4 Å². The van der Waals surface area contributed by atoms with E-state index in [1.807, 2.05) is 4.57 Å². The topological polar surface area (TPSA) is 190 Å². The number of pyridine rings is 1. The molecule has 0 aliphatic carbocycles. The van der Waals surface area contributed by atoms with Gasteiger partial charge in [0.25, 0.3) is 11.8 Å². The molecule has 0 aromatic carbocycles. The van der Waals surface area contributed by atoms with E-state index in [2.05, 4.69) is 19.8 Å². The number of hydrogen-bond donors (Lipinski definition) is 3. The van der Waals surface area contributed by atoms with Crippen molar-refractivity contribution in [1.82, 2.24) is 19.6 Å². The number of aromatic carboxylic acids is 1. The van der Waals surface area contributed by atoms with Gasteiger partial charge in [0.05, 0.1) is 5.56 Å². The van der Waals surface area contributed by atoms with Crippen molar-refractivity contribution in [2.24, 2.45) is 5.16 Å². The van der Waals surface area contributed by atoms with Crippen LogP contribution in [0.15, 0.2) is 41.5 Å². The molecule has 2 aromatic rings. The number of rotatable bonds is 9. The van der Waals surface area contributed by atoms with Crippen molar-refractivity contribution in [3.05, 3.63) is 47.7 Å². The Morgan fingerprint density at radius 1 is 1.32 bits per heavy atom. The Bertz CT molecular complexity index is 1380. The van der Waals surface area contributed by atoms with Gasteiger partial charge >= 0.3 is 11.9 Å². The number of fused-ring (bicyclic) bond motifs is 1. The second-order valence-corrected chi connectivity index (χ2v) is 11.8. The van der Waals surface area contributed by atoms with Crippen LogP contribution in [0.4, 0.5) is 5.13 Å². The number of anilines is 1. The third-order valence-electron chi connectivity index (χ3n) is 5.56. The highest BCUT2D eigenvalue weighted by Crippen LogP contribution is 2.36. The molecule has 2 aliphatic heterocycles. The Labute approximate surface area is 237 Å². The van der Waals surface area contributed by atoms with E-state index in [1.165, 1.54) is 35.7 Å². The molecule has 3 atom stereocenters. The molecular weight excluding hydrogens is 562 g/mol. The van der Waals surface area contributed by atoms with Crippen LogP contribution in [0.2, 0.25) is 0 Å². The number of amides is 2. The SMILES string of the molecule is CC(ON=C(C(=O)NC1C(=O)N2C=C(C[n+]3ccc(C(=O)O)cc3)CS[C@@H]12)c1nsc(N)n1)C(=O)OC(C)(C)C. The molecular formula is C24H28N7O7S2+. The molecule has 4 heterocycles. The molecule has 2 amide bonds. The molecule has 4 rings (SSSR count). The number of β-lactam (4-membered cyclic amide) rings is 1. The summed E-state index contributed by atoms with van der Waals surface area (Å²) in [6, 6.07) is 2.18. The van der Waals surface area contributed by atoms with Gasteiger partial charge in [-0.25, -0.2) is 14.2 Å². The maximum atomic E-state index is 13.2. The molecule has 2 aromatic heterocycles. The fraction of sp³-hybridized carbons (Fsp3) is 0.417. The van der Waals surface area contributed by atoms with Crippen LogP contribution in [-0.4, -0.2) is 77.7 Å². The van der Waals surface area contributed by atoms with E-state index in [1.54, 1.807) is 39.4 Å². The van der Waals surface area contributed by atoms with Crippen molar-refractivity contribution in [3.8, 4) is 0 Å². The van der Waals surface area contributed by atoms with Gasteiger partial charge in [0.1, 0.15) is 17.0 Å². The summed E-state index contributed by atoms with van der Waals surface area (Å²) in [6.45, 7) is 7.02. The second-order valence-electron chi connectivity index (χ2n) is 9.93.